The van der Waals surface area contributed by atoms with Crippen LogP contribution in [0.25, 0.3) is 0 Å². The van der Waals surface area contributed by atoms with Gasteiger partial charge in [-0.2, -0.15) is 0 Å². The van der Waals surface area contributed by atoms with Crippen LogP contribution in [-0.2, 0) is 4.79 Å². The largest absolute Gasteiger partial charge is 0.339 e. The first-order chi connectivity index (χ1) is 9.99. The molecular weight excluding hydrogens is 341 g/mol. The first-order valence-electron chi connectivity index (χ1n) is 6.68. The highest BCUT2D eigenvalue weighted by molar-refractivity contribution is 9.10. The van der Waals surface area contributed by atoms with Crippen LogP contribution >= 0.6 is 15.9 Å². The Morgan fingerprint density at radius 1 is 1.38 bits per heavy atom. The van der Waals surface area contributed by atoms with E-state index in [9.17, 15) is 14.0 Å². The summed E-state index contributed by atoms with van der Waals surface area (Å²) in [5.41, 5.74) is 0.228. The summed E-state index contributed by atoms with van der Waals surface area (Å²) < 4.78 is 13.8. The number of carbonyl (C=O) groups excluding carboxylic acids is 2. The van der Waals surface area contributed by atoms with Gasteiger partial charge in [-0.25, -0.2) is 4.39 Å². The fourth-order valence-corrected chi connectivity index (χ4v) is 2.39. The van der Waals surface area contributed by atoms with Crippen LogP contribution < -0.4 is 5.32 Å². The Balaban J connectivity index is 1.98. The van der Waals surface area contributed by atoms with E-state index in [1.165, 1.54) is 17.0 Å². The van der Waals surface area contributed by atoms with Gasteiger partial charge in [-0.05, 0) is 34.1 Å². The molecule has 0 saturated carbocycles. The highest BCUT2D eigenvalue weighted by atomic mass is 79.9. The van der Waals surface area contributed by atoms with Crippen molar-refractivity contribution in [3.63, 3.8) is 0 Å². The molecule has 1 aromatic carbocycles. The second-order valence-electron chi connectivity index (χ2n) is 4.92. The number of benzene rings is 1. The van der Waals surface area contributed by atoms with Gasteiger partial charge in [-0.15, -0.1) is 0 Å². The molecule has 0 radical (unpaired) electrons. The van der Waals surface area contributed by atoms with Gasteiger partial charge < -0.3 is 15.1 Å². The van der Waals surface area contributed by atoms with Crippen molar-refractivity contribution in [2.24, 2.45) is 0 Å². The summed E-state index contributed by atoms with van der Waals surface area (Å²) >= 11 is 3.04. The van der Waals surface area contributed by atoms with E-state index in [2.05, 4.69) is 21.2 Å². The maximum atomic E-state index is 13.5. The Kier molecular flexibility index (Phi) is 5.30. The number of nitrogens with zero attached hydrogens (tertiary/aromatic N) is 2. The summed E-state index contributed by atoms with van der Waals surface area (Å²) in [7, 11) is 1.54. The second kappa shape index (κ2) is 7.00. The summed E-state index contributed by atoms with van der Waals surface area (Å²) in [6, 6.07) is 4.17. The number of likely N-dealkylation sites (N-methyl/N-ethyl adjacent to an activating group) is 1. The van der Waals surface area contributed by atoms with Gasteiger partial charge in [0.2, 0.25) is 5.91 Å². The summed E-state index contributed by atoms with van der Waals surface area (Å²) in [6.45, 7) is 2.82. The van der Waals surface area contributed by atoms with E-state index in [0.29, 0.717) is 17.6 Å². The molecule has 1 aromatic rings. The van der Waals surface area contributed by atoms with Crippen molar-refractivity contribution in [2.75, 3.05) is 39.8 Å². The molecule has 1 heterocycles. The van der Waals surface area contributed by atoms with Crippen molar-refractivity contribution in [1.29, 1.82) is 0 Å². The lowest BCUT2D eigenvalue weighted by molar-refractivity contribution is -0.132. The van der Waals surface area contributed by atoms with Crippen molar-refractivity contribution in [1.82, 2.24) is 15.1 Å². The summed E-state index contributed by atoms with van der Waals surface area (Å²) in [4.78, 5) is 27.3. The number of piperazine rings is 1. The first kappa shape index (κ1) is 15.9. The molecule has 0 unspecified atom stereocenters. The third-order valence-corrected chi connectivity index (χ3v) is 4.00. The van der Waals surface area contributed by atoms with E-state index in [0.717, 1.165) is 19.2 Å². The fraction of sp³-hybridized carbons (Fsp3) is 0.429. The lowest BCUT2D eigenvalue weighted by Crippen LogP contribution is -2.49. The van der Waals surface area contributed by atoms with Crippen molar-refractivity contribution < 1.29 is 14.0 Å². The zero-order chi connectivity index (χ0) is 15.4. The maximum Gasteiger partial charge on any atom is 0.254 e. The molecule has 1 aliphatic heterocycles. The Bertz CT molecular complexity index is 547. The molecule has 2 rings (SSSR count). The number of halogens is 2. The Hall–Kier alpha value is -1.47. The van der Waals surface area contributed by atoms with Crippen LogP contribution in [0.1, 0.15) is 10.4 Å². The maximum absolute atomic E-state index is 13.5. The quantitative estimate of drug-likeness (QED) is 0.880. The Labute approximate surface area is 131 Å². The van der Waals surface area contributed by atoms with Gasteiger partial charge in [0.25, 0.3) is 5.91 Å². The van der Waals surface area contributed by atoms with Crippen LogP contribution in [0.5, 0.6) is 0 Å². The van der Waals surface area contributed by atoms with E-state index in [-0.39, 0.29) is 23.9 Å². The SMILES string of the molecule is CN(CC(=O)N1CCNCC1)C(=O)c1ccc(Br)c(F)c1. The van der Waals surface area contributed by atoms with E-state index in [1.54, 1.807) is 11.9 Å². The predicted molar refractivity (Wildman–Crippen MR) is 80.5 cm³/mol. The molecule has 2 amide bonds. The molecule has 0 aromatic heterocycles. The van der Waals surface area contributed by atoms with E-state index in [1.807, 2.05) is 0 Å². The number of amides is 2. The lowest BCUT2D eigenvalue weighted by atomic mass is 10.2. The molecule has 1 N–H and O–H groups in total. The van der Waals surface area contributed by atoms with Crippen LogP contribution in [0.3, 0.4) is 0 Å². The molecule has 1 fully saturated rings. The highest BCUT2D eigenvalue weighted by Gasteiger charge is 2.21. The summed E-state index contributed by atoms with van der Waals surface area (Å²) in [5, 5.41) is 3.16. The third-order valence-electron chi connectivity index (χ3n) is 3.36. The summed E-state index contributed by atoms with van der Waals surface area (Å²) in [6.07, 6.45) is 0. The molecule has 5 nitrogen and oxygen atoms in total. The van der Waals surface area contributed by atoms with Crippen LogP contribution in [0.4, 0.5) is 4.39 Å². The van der Waals surface area contributed by atoms with Gasteiger partial charge in [0, 0.05) is 38.8 Å². The standard InChI is InChI=1S/C14H17BrFN3O2/c1-18(9-13(20)19-6-4-17-5-7-19)14(21)10-2-3-11(15)12(16)8-10/h2-3,8,17H,4-7,9H2,1H3. The molecule has 7 heteroatoms. The molecule has 0 atom stereocenters. The molecule has 0 spiro atoms. The first-order valence-corrected chi connectivity index (χ1v) is 7.47. The lowest BCUT2D eigenvalue weighted by Gasteiger charge is -2.29. The topological polar surface area (TPSA) is 52.7 Å². The van der Waals surface area contributed by atoms with Gasteiger partial charge in [0.1, 0.15) is 5.82 Å². The van der Waals surface area contributed by atoms with Crippen molar-refractivity contribution in [2.45, 2.75) is 0 Å². The van der Waals surface area contributed by atoms with Crippen LogP contribution in [0.2, 0.25) is 0 Å². The smallest absolute Gasteiger partial charge is 0.254 e. The highest BCUT2D eigenvalue weighted by Crippen LogP contribution is 2.17. The van der Waals surface area contributed by atoms with Gasteiger partial charge >= 0.3 is 0 Å². The third kappa shape index (κ3) is 4.01. The zero-order valence-corrected chi connectivity index (χ0v) is 13.3. The average molecular weight is 358 g/mol. The van der Waals surface area contributed by atoms with E-state index < -0.39 is 5.82 Å². The van der Waals surface area contributed by atoms with Gasteiger partial charge in [0.15, 0.2) is 0 Å². The van der Waals surface area contributed by atoms with Gasteiger partial charge in [0.05, 0.1) is 11.0 Å². The molecule has 21 heavy (non-hydrogen) atoms. The van der Waals surface area contributed by atoms with Gasteiger partial charge in [-0.1, -0.05) is 0 Å². The molecule has 1 aliphatic rings. The fourth-order valence-electron chi connectivity index (χ4n) is 2.14. The molecule has 114 valence electrons. The van der Waals surface area contributed by atoms with Crippen LogP contribution in [0, 0.1) is 5.82 Å². The Morgan fingerprint density at radius 2 is 2.05 bits per heavy atom. The van der Waals surface area contributed by atoms with Crippen LogP contribution in [-0.4, -0.2) is 61.4 Å². The van der Waals surface area contributed by atoms with Crippen molar-refractivity contribution in [3.05, 3.63) is 34.1 Å². The van der Waals surface area contributed by atoms with Gasteiger partial charge in [-0.3, -0.25) is 9.59 Å². The monoisotopic (exact) mass is 357 g/mol. The van der Waals surface area contributed by atoms with E-state index >= 15 is 0 Å². The Morgan fingerprint density at radius 3 is 2.67 bits per heavy atom. The number of hydrogen-bond acceptors (Lipinski definition) is 3. The molecule has 0 bridgehead atoms. The number of hydrogen-bond donors (Lipinski definition) is 1. The van der Waals surface area contributed by atoms with E-state index in [4.69, 9.17) is 0 Å². The minimum absolute atomic E-state index is 0.00346. The summed E-state index contributed by atoms with van der Waals surface area (Å²) in [5.74, 6) is -0.961. The van der Waals surface area contributed by atoms with Crippen LogP contribution in [0.15, 0.2) is 22.7 Å². The minimum Gasteiger partial charge on any atom is -0.339 e. The zero-order valence-electron chi connectivity index (χ0n) is 11.7. The number of nitrogens with one attached hydrogen (secondary N) is 1. The molecule has 0 aliphatic carbocycles. The second-order valence-corrected chi connectivity index (χ2v) is 5.78. The average Bonchev–Trinajstić information content (AvgIpc) is 2.50. The minimum atomic E-state index is -0.498. The van der Waals surface area contributed by atoms with Crippen molar-refractivity contribution >= 4 is 27.7 Å². The molecule has 1 saturated heterocycles. The normalized spacial score (nSPS) is 14.9. The number of rotatable bonds is 3. The number of carbonyl (C=O) groups is 2. The van der Waals surface area contributed by atoms with Crippen molar-refractivity contribution in [3.8, 4) is 0 Å². The predicted octanol–water partition coefficient (Wildman–Crippen LogP) is 1.09. The molecular formula is C14H17BrFN3O2.